The molecule has 1 saturated carbocycles. The largest absolute Gasteiger partial charge is 0.453 e. The average molecular weight is 183 g/mol. The third-order valence-corrected chi connectivity index (χ3v) is 2.39. The fourth-order valence-corrected chi connectivity index (χ4v) is 1.41. The second-order valence-corrected chi connectivity index (χ2v) is 3.12. The highest BCUT2D eigenvalue weighted by molar-refractivity contribution is 6.00. The Labute approximate surface area is 76.9 Å². The second kappa shape index (κ2) is 3.60. The zero-order valence-corrected chi connectivity index (χ0v) is 7.63. The van der Waals surface area contributed by atoms with E-state index in [0.29, 0.717) is 12.8 Å². The summed E-state index contributed by atoms with van der Waals surface area (Å²) in [4.78, 5) is 22.3. The van der Waals surface area contributed by atoms with E-state index >= 15 is 0 Å². The molecular formula is C9H13NO3. The van der Waals surface area contributed by atoms with Crippen LogP contribution in [0.4, 0.5) is 4.79 Å². The molecule has 4 nitrogen and oxygen atoms in total. The van der Waals surface area contributed by atoms with Crippen molar-refractivity contribution in [3.05, 3.63) is 12.7 Å². The number of ketones is 1. The van der Waals surface area contributed by atoms with Crippen LogP contribution < -0.4 is 5.32 Å². The molecular weight excluding hydrogens is 170 g/mol. The van der Waals surface area contributed by atoms with Crippen molar-refractivity contribution in [1.29, 1.82) is 0 Å². The zero-order chi connectivity index (χ0) is 9.90. The molecule has 0 radical (unpaired) electrons. The van der Waals surface area contributed by atoms with Crippen LogP contribution in [0.5, 0.6) is 0 Å². The molecule has 72 valence electrons. The molecule has 1 fully saturated rings. The Kier molecular flexibility index (Phi) is 2.70. The van der Waals surface area contributed by atoms with Crippen molar-refractivity contribution >= 4 is 11.9 Å². The van der Waals surface area contributed by atoms with E-state index in [9.17, 15) is 9.59 Å². The minimum atomic E-state index is -0.727. The van der Waals surface area contributed by atoms with Gasteiger partial charge in [0.2, 0.25) is 0 Å². The van der Waals surface area contributed by atoms with Gasteiger partial charge in [0.25, 0.3) is 0 Å². The maximum absolute atomic E-state index is 11.4. The number of ether oxygens (including phenoxy) is 1. The van der Waals surface area contributed by atoms with Gasteiger partial charge in [-0.2, -0.15) is 0 Å². The summed E-state index contributed by atoms with van der Waals surface area (Å²) in [6, 6.07) is 0. The number of carbonyl (C=O) groups is 2. The predicted octanol–water partition coefficient (Wildman–Crippen LogP) is 1.02. The number of hydrogen-bond donors (Lipinski definition) is 1. The summed E-state index contributed by atoms with van der Waals surface area (Å²) >= 11 is 0. The molecule has 0 aliphatic heterocycles. The molecule has 0 saturated heterocycles. The van der Waals surface area contributed by atoms with Crippen molar-refractivity contribution in [1.82, 2.24) is 5.32 Å². The van der Waals surface area contributed by atoms with Crippen LogP contribution in [0.3, 0.4) is 0 Å². The first kappa shape index (κ1) is 9.77. The topological polar surface area (TPSA) is 55.4 Å². The fourth-order valence-electron chi connectivity index (χ4n) is 1.41. The third kappa shape index (κ3) is 1.71. The van der Waals surface area contributed by atoms with Gasteiger partial charge in [0.1, 0.15) is 5.54 Å². The van der Waals surface area contributed by atoms with Crippen LogP contribution in [0.1, 0.15) is 19.3 Å². The first-order valence-electron chi connectivity index (χ1n) is 4.17. The third-order valence-electron chi connectivity index (χ3n) is 2.39. The van der Waals surface area contributed by atoms with E-state index in [0.717, 1.165) is 6.42 Å². The van der Waals surface area contributed by atoms with Gasteiger partial charge in [0.05, 0.1) is 7.11 Å². The summed E-state index contributed by atoms with van der Waals surface area (Å²) in [6.07, 6.45) is 2.98. The minimum Gasteiger partial charge on any atom is -0.453 e. The molecule has 0 spiro atoms. The molecule has 0 bridgehead atoms. The SMILES string of the molecule is C=CC(=O)C1(NC(=O)OC)CCC1. The fraction of sp³-hybridized carbons (Fsp3) is 0.556. The number of hydrogen-bond acceptors (Lipinski definition) is 3. The summed E-state index contributed by atoms with van der Waals surface area (Å²) in [5.74, 6) is -0.135. The van der Waals surface area contributed by atoms with E-state index in [4.69, 9.17) is 0 Å². The van der Waals surface area contributed by atoms with Gasteiger partial charge in [0.15, 0.2) is 5.78 Å². The van der Waals surface area contributed by atoms with Gasteiger partial charge in [-0.05, 0) is 25.3 Å². The molecule has 0 atom stereocenters. The van der Waals surface area contributed by atoms with Crippen LogP contribution in [0.15, 0.2) is 12.7 Å². The Hall–Kier alpha value is -1.32. The predicted molar refractivity (Wildman–Crippen MR) is 47.3 cm³/mol. The highest BCUT2D eigenvalue weighted by Crippen LogP contribution is 2.33. The maximum atomic E-state index is 11.4. The molecule has 1 rings (SSSR count). The summed E-state index contributed by atoms with van der Waals surface area (Å²) in [5, 5.41) is 2.55. The maximum Gasteiger partial charge on any atom is 0.407 e. The molecule has 1 aliphatic rings. The van der Waals surface area contributed by atoms with Crippen molar-refractivity contribution in [2.75, 3.05) is 7.11 Å². The van der Waals surface area contributed by atoms with Gasteiger partial charge < -0.3 is 10.1 Å². The van der Waals surface area contributed by atoms with E-state index < -0.39 is 11.6 Å². The van der Waals surface area contributed by atoms with Crippen molar-refractivity contribution in [3.8, 4) is 0 Å². The number of carbonyl (C=O) groups excluding carboxylic acids is 2. The number of alkyl carbamates (subject to hydrolysis) is 1. The molecule has 0 aromatic rings. The normalized spacial score (nSPS) is 18.2. The number of methoxy groups -OCH3 is 1. The Bertz CT molecular complexity index is 243. The molecule has 1 amide bonds. The lowest BCUT2D eigenvalue weighted by molar-refractivity contribution is -0.123. The summed E-state index contributed by atoms with van der Waals surface area (Å²) < 4.78 is 4.44. The van der Waals surface area contributed by atoms with Crippen molar-refractivity contribution in [3.63, 3.8) is 0 Å². The molecule has 4 heteroatoms. The van der Waals surface area contributed by atoms with Gasteiger partial charge >= 0.3 is 6.09 Å². The quantitative estimate of drug-likeness (QED) is 0.664. The smallest absolute Gasteiger partial charge is 0.407 e. The van der Waals surface area contributed by atoms with Crippen molar-refractivity contribution in [2.45, 2.75) is 24.8 Å². The Morgan fingerprint density at radius 1 is 1.54 bits per heavy atom. The second-order valence-electron chi connectivity index (χ2n) is 3.12. The lowest BCUT2D eigenvalue weighted by atomic mass is 9.73. The van der Waals surface area contributed by atoms with Crippen LogP contribution in [0.2, 0.25) is 0 Å². The molecule has 0 aromatic carbocycles. The Morgan fingerprint density at radius 2 is 2.15 bits per heavy atom. The van der Waals surface area contributed by atoms with E-state index in [2.05, 4.69) is 16.6 Å². The van der Waals surface area contributed by atoms with Gasteiger partial charge in [-0.25, -0.2) is 4.79 Å². The molecule has 0 aromatic heterocycles. The van der Waals surface area contributed by atoms with Crippen LogP contribution in [0, 0.1) is 0 Å². The number of nitrogens with one attached hydrogen (secondary N) is 1. The molecule has 13 heavy (non-hydrogen) atoms. The Balaban J connectivity index is 2.65. The average Bonchev–Trinajstić information content (AvgIpc) is 2.09. The highest BCUT2D eigenvalue weighted by Gasteiger charge is 2.43. The van der Waals surface area contributed by atoms with E-state index in [1.165, 1.54) is 13.2 Å². The first-order chi connectivity index (χ1) is 6.14. The summed E-state index contributed by atoms with van der Waals surface area (Å²) in [6.45, 7) is 3.40. The monoisotopic (exact) mass is 183 g/mol. The molecule has 1 aliphatic carbocycles. The van der Waals surface area contributed by atoms with E-state index in [-0.39, 0.29) is 5.78 Å². The molecule has 0 heterocycles. The van der Waals surface area contributed by atoms with E-state index in [1.54, 1.807) is 0 Å². The zero-order valence-electron chi connectivity index (χ0n) is 7.63. The van der Waals surface area contributed by atoms with Gasteiger partial charge in [-0.15, -0.1) is 0 Å². The summed E-state index contributed by atoms with van der Waals surface area (Å²) in [7, 11) is 1.28. The van der Waals surface area contributed by atoms with E-state index in [1.807, 2.05) is 0 Å². The van der Waals surface area contributed by atoms with Crippen LogP contribution in [0.25, 0.3) is 0 Å². The summed E-state index contributed by atoms with van der Waals surface area (Å²) in [5.41, 5.74) is -0.727. The van der Waals surface area contributed by atoms with Crippen LogP contribution >= 0.6 is 0 Å². The van der Waals surface area contributed by atoms with Gasteiger partial charge in [-0.1, -0.05) is 6.58 Å². The van der Waals surface area contributed by atoms with Gasteiger partial charge in [-0.3, -0.25) is 4.79 Å². The van der Waals surface area contributed by atoms with Crippen molar-refractivity contribution < 1.29 is 14.3 Å². The molecule has 0 unspecified atom stereocenters. The van der Waals surface area contributed by atoms with Gasteiger partial charge in [0, 0.05) is 0 Å². The first-order valence-corrected chi connectivity index (χ1v) is 4.17. The van der Waals surface area contributed by atoms with Crippen LogP contribution in [-0.4, -0.2) is 24.5 Å². The lowest BCUT2D eigenvalue weighted by Gasteiger charge is -2.39. The number of rotatable bonds is 3. The lowest BCUT2D eigenvalue weighted by Crippen LogP contribution is -2.58. The number of amides is 1. The van der Waals surface area contributed by atoms with Crippen molar-refractivity contribution in [2.24, 2.45) is 0 Å². The molecule has 1 N–H and O–H groups in total. The van der Waals surface area contributed by atoms with Crippen LogP contribution in [-0.2, 0) is 9.53 Å². The standard InChI is InChI=1S/C9H13NO3/c1-3-7(11)9(5-4-6-9)10-8(12)13-2/h3H,1,4-6H2,2H3,(H,10,12). The Morgan fingerprint density at radius 3 is 2.46 bits per heavy atom. The highest BCUT2D eigenvalue weighted by atomic mass is 16.5. The minimum absolute atomic E-state index is 0.135.